The van der Waals surface area contributed by atoms with Crippen LogP contribution in [0, 0.1) is 5.92 Å². The van der Waals surface area contributed by atoms with E-state index in [1.807, 2.05) is 11.0 Å². The number of allylic oxidation sites excluding steroid dienone is 5. The lowest BCUT2D eigenvalue weighted by atomic mass is 10.1. The Morgan fingerprint density at radius 2 is 1.91 bits per heavy atom. The molecule has 1 aliphatic rings. The molecule has 0 fully saturated rings. The van der Waals surface area contributed by atoms with Crippen LogP contribution in [0.1, 0.15) is 64.2 Å². The van der Waals surface area contributed by atoms with E-state index in [1.54, 1.807) is 19.2 Å². The van der Waals surface area contributed by atoms with Crippen LogP contribution in [0.25, 0.3) is 0 Å². The number of nitrogens with zero attached hydrogens (tertiary/aromatic N) is 2. The molecule has 0 N–H and O–H groups in total. The Balaban J connectivity index is 2.38. The van der Waals surface area contributed by atoms with Crippen LogP contribution in [0.3, 0.4) is 0 Å². The Hall–Kier alpha value is -2.66. The summed E-state index contributed by atoms with van der Waals surface area (Å²) >= 11 is 6.59. The normalized spacial score (nSPS) is 15.1. The van der Waals surface area contributed by atoms with E-state index in [-0.39, 0.29) is 10.9 Å². The summed E-state index contributed by atoms with van der Waals surface area (Å²) in [6.45, 7) is 11.8. The van der Waals surface area contributed by atoms with Crippen molar-refractivity contribution in [3.8, 4) is 11.5 Å². The lowest BCUT2D eigenvalue weighted by Crippen LogP contribution is -2.35. The quantitative estimate of drug-likeness (QED) is 0.331. The van der Waals surface area contributed by atoms with Crippen LogP contribution < -0.4 is 9.47 Å². The number of unbranched alkanes of at least 4 members (excludes halogenated alkanes) is 1. The molecule has 0 unspecified atom stereocenters. The molecule has 1 aromatic rings. The van der Waals surface area contributed by atoms with Gasteiger partial charge in [-0.2, -0.15) is 0 Å². The molecule has 1 heterocycles. The van der Waals surface area contributed by atoms with E-state index in [9.17, 15) is 4.79 Å². The van der Waals surface area contributed by atoms with Crippen LogP contribution in [-0.4, -0.2) is 43.0 Å². The summed E-state index contributed by atoms with van der Waals surface area (Å²) in [5.74, 6) is 1.23. The highest BCUT2D eigenvalue weighted by atomic mass is 35.5. The number of rotatable bonds is 11. The minimum Gasteiger partial charge on any atom is -0.493 e. The molecule has 2 rings (SSSR count). The molecule has 0 radical (unpaired) electrons. The zero-order chi connectivity index (χ0) is 25.3. The van der Waals surface area contributed by atoms with Crippen molar-refractivity contribution < 1.29 is 14.3 Å². The molecule has 6 heteroatoms. The van der Waals surface area contributed by atoms with E-state index >= 15 is 0 Å². The first-order chi connectivity index (χ1) is 16.2. The van der Waals surface area contributed by atoms with Crippen molar-refractivity contribution in [3.63, 3.8) is 0 Å². The van der Waals surface area contributed by atoms with Crippen LogP contribution in [0.4, 0.5) is 0 Å². The molecule has 0 bridgehead atoms. The number of amides is 1. The summed E-state index contributed by atoms with van der Waals surface area (Å²) < 4.78 is 10.7. The molecule has 0 saturated heterocycles. The summed E-state index contributed by atoms with van der Waals surface area (Å²) in [6.07, 6.45) is 13.6. The van der Waals surface area contributed by atoms with Gasteiger partial charge in [-0.25, -0.2) is 0 Å². The van der Waals surface area contributed by atoms with Crippen molar-refractivity contribution >= 4 is 17.5 Å². The fourth-order valence-corrected chi connectivity index (χ4v) is 4.03. The number of benzene rings is 1. The van der Waals surface area contributed by atoms with Crippen LogP contribution in [0.2, 0.25) is 5.02 Å². The van der Waals surface area contributed by atoms with Gasteiger partial charge in [-0.1, -0.05) is 50.9 Å². The van der Waals surface area contributed by atoms with Crippen molar-refractivity contribution in [2.45, 2.75) is 53.9 Å². The van der Waals surface area contributed by atoms with Crippen molar-refractivity contribution in [1.82, 2.24) is 9.80 Å². The average Bonchev–Trinajstić information content (AvgIpc) is 2.83. The topological polar surface area (TPSA) is 42.0 Å². The number of hydrogen-bond acceptors (Lipinski definition) is 4. The van der Waals surface area contributed by atoms with Crippen molar-refractivity contribution in [2.24, 2.45) is 5.92 Å². The Morgan fingerprint density at radius 1 is 1.18 bits per heavy atom. The highest BCUT2D eigenvalue weighted by molar-refractivity contribution is 6.35. The van der Waals surface area contributed by atoms with Crippen molar-refractivity contribution in [1.29, 1.82) is 0 Å². The second-order valence-electron chi connectivity index (χ2n) is 8.93. The maximum Gasteiger partial charge on any atom is 0.255 e. The molecule has 0 spiro atoms. The smallest absolute Gasteiger partial charge is 0.255 e. The van der Waals surface area contributed by atoms with Gasteiger partial charge in [0, 0.05) is 30.7 Å². The zero-order valence-electron chi connectivity index (χ0n) is 21.7. The van der Waals surface area contributed by atoms with Gasteiger partial charge in [0.2, 0.25) is 0 Å². The molecule has 0 aromatic heterocycles. The Morgan fingerprint density at radius 3 is 2.53 bits per heavy atom. The third-order valence-corrected chi connectivity index (χ3v) is 6.29. The highest BCUT2D eigenvalue weighted by Gasteiger charge is 2.24. The Bertz CT molecular complexity index is 976. The van der Waals surface area contributed by atoms with Gasteiger partial charge in [-0.15, -0.1) is 0 Å². The van der Waals surface area contributed by atoms with Crippen molar-refractivity contribution in [2.75, 3.05) is 27.3 Å². The van der Waals surface area contributed by atoms with Crippen LogP contribution in [0.15, 0.2) is 59.6 Å². The number of carbonyl (C=O) groups excluding carboxylic acids is 1. The predicted molar refractivity (Wildman–Crippen MR) is 141 cm³/mol. The van der Waals surface area contributed by atoms with Gasteiger partial charge in [-0.3, -0.25) is 4.79 Å². The molecule has 5 nitrogen and oxygen atoms in total. The van der Waals surface area contributed by atoms with Gasteiger partial charge in [0.1, 0.15) is 0 Å². The Kier molecular flexibility index (Phi) is 10.8. The number of ether oxygens (including phenoxy) is 2. The number of hydrogen-bond donors (Lipinski definition) is 0. The SMILES string of the molecule is CCC/C=C1\C=CC=CN1/C(C)=C(\C)CN(CCC(C)C)C(=O)c1ccc(OC)c(OC)c1Cl. The van der Waals surface area contributed by atoms with E-state index in [0.717, 1.165) is 36.2 Å². The second kappa shape index (κ2) is 13.3. The summed E-state index contributed by atoms with van der Waals surface area (Å²) in [5, 5.41) is 0.272. The lowest BCUT2D eigenvalue weighted by molar-refractivity contribution is 0.0762. The van der Waals surface area contributed by atoms with E-state index in [1.165, 1.54) is 7.11 Å². The van der Waals surface area contributed by atoms with E-state index in [4.69, 9.17) is 21.1 Å². The van der Waals surface area contributed by atoms with Crippen LogP contribution >= 0.6 is 11.6 Å². The maximum absolute atomic E-state index is 13.7. The largest absolute Gasteiger partial charge is 0.493 e. The molecule has 186 valence electrons. The fraction of sp³-hybridized carbons (Fsp3) is 0.464. The van der Waals surface area contributed by atoms with Gasteiger partial charge in [0.15, 0.2) is 11.5 Å². The molecule has 0 aliphatic carbocycles. The number of halogens is 1. The van der Waals surface area contributed by atoms with Gasteiger partial charge >= 0.3 is 0 Å². The minimum absolute atomic E-state index is 0.116. The van der Waals surface area contributed by atoms with Gasteiger partial charge in [0.25, 0.3) is 5.91 Å². The monoisotopic (exact) mass is 486 g/mol. The van der Waals surface area contributed by atoms with E-state index in [0.29, 0.717) is 36.1 Å². The van der Waals surface area contributed by atoms with Crippen LogP contribution in [0.5, 0.6) is 11.5 Å². The third-order valence-electron chi connectivity index (χ3n) is 5.92. The van der Waals surface area contributed by atoms with Gasteiger partial charge < -0.3 is 19.3 Å². The maximum atomic E-state index is 13.7. The fourth-order valence-electron chi connectivity index (χ4n) is 3.72. The molecule has 34 heavy (non-hydrogen) atoms. The Labute approximate surface area is 210 Å². The molecule has 0 atom stereocenters. The molecule has 1 aliphatic heterocycles. The summed E-state index contributed by atoms with van der Waals surface area (Å²) in [5.41, 5.74) is 3.81. The predicted octanol–water partition coefficient (Wildman–Crippen LogP) is 7.21. The molecular formula is C28H39ClN2O3. The lowest BCUT2D eigenvalue weighted by Gasteiger charge is -2.30. The molecule has 1 aromatic carbocycles. The minimum atomic E-state index is -0.116. The third kappa shape index (κ3) is 6.92. The molecule has 1 amide bonds. The summed E-state index contributed by atoms with van der Waals surface area (Å²) in [6, 6.07) is 3.44. The summed E-state index contributed by atoms with van der Waals surface area (Å²) in [4.78, 5) is 17.7. The van der Waals surface area contributed by atoms with E-state index < -0.39 is 0 Å². The number of methoxy groups -OCH3 is 2. The van der Waals surface area contributed by atoms with Crippen molar-refractivity contribution in [3.05, 3.63) is 70.2 Å². The first kappa shape index (κ1) is 27.6. The molecular weight excluding hydrogens is 448 g/mol. The van der Waals surface area contributed by atoms with E-state index in [2.05, 4.69) is 63.9 Å². The number of carbonyl (C=O) groups is 1. The van der Waals surface area contributed by atoms with Gasteiger partial charge in [0.05, 0.1) is 24.8 Å². The first-order valence-corrected chi connectivity index (χ1v) is 12.3. The summed E-state index contributed by atoms with van der Waals surface area (Å²) in [7, 11) is 3.07. The first-order valence-electron chi connectivity index (χ1n) is 11.9. The molecule has 0 saturated carbocycles. The second-order valence-corrected chi connectivity index (χ2v) is 9.30. The standard InChI is InChI=1S/C28H39ClN2O3/c1-8-9-12-23-13-10-11-17-31(23)22(5)21(4)19-30(18-16-20(2)3)28(32)24-14-15-25(33-6)27(34-7)26(24)29/h10-15,17,20H,8-9,16,18-19H2,1-7H3/b22-21+,23-12+. The highest BCUT2D eigenvalue weighted by Crippen LogP contribution is 2.38. The van der Waals surface area contributed by atoms with Crippen LogP contribution in [-0.2, 0) is 0 Å². The average molecular weight is 487 g/mol. The van der Waals surface area contributed by atoms with Gasteiger partial charge in [-0.05, 0) is 62.5 Å². The zero-order valence-corrected chi connectivity index (χ0v) is 22.4.